The molecule has 1 saturated heterocycles. The van der Waals surface area contributed by atoms with Crippen LogP contribution in [0.2, 0.25) is 0 Å². The lowest BCUT2D eigenvalue weighted by atomic mass is 9.99. The maximum absolute atomic E-state index is 13.0. The fourth-order valence-corrected chi connectivity index (χ4v) is 5.35. The lowest BCUT2D eigenvalue weighted by molar-refractivity contribution is -0.122. The van der Waals surface area contributed by atoms with Crippen molar-refractivity contribution in [2.75, 3.05) is 32.2 Å². The quantitative estimate of drug-likeness (QED) is 0.0948. The second-order valence-corrected chi connectivity index (χ2v) is 12.0. The van der Waals surface area contributed by atoms with E-state index in [1.165, 1.54) is 33.3 Å². The Morgan fingerprint density at radius 1 is 0.854 bits per heavy atom. The van der Waals surface area contributed by atoms with Gasteiger partial charge < -0.3 is 29.6 Å². The molecule has 1 heterocycles. The highest BCUT2D eigenvalue weighted by Crippen LogP contribution is 2.30. The van der Waals surface area contributed by atoms with Crippen LogP contribution in [-0.2, 0) is 20.7 Å². The molecule has 1 atom stereocenters. The van der Waals surface area contributed by atoms with E-state index in [0.717, 1.165) is 12.8 Å². The molecule has 0 saturated carbocycles. The van der Waals surface area contributed by atoms with E-state index in [-0.39, 0.29) is 29.8 Å². The van der Waals surface area contributed by atoms with Gasteiger partial charge in [0.25, 0.3) is 5.91 Å². The number of carbonyl (C=O) groups is 4. The van der Waals surface area contributed by atoms with E-state index in [0.29, 0.717) is 66.5 Å². The summed E-state index contributed by atoms with van der Waals surface area (Å²) in [6.45, 7) is 5.38. The Bertz CT molecular complexity index is 1510. The van der Waals surface area contributed by atoms with Crippen molar-refractivity contribution < 1.29 is 38.1 Å². The van der Waals surface area contributed by atoms with E-state index in [2.05, 4.69) is 17.6 Å². The summed E-state index contributed by atoms with van der Waals surface area (Å²) >= 11 is 0. The second kappa shape index (κ2) is 18.6. The molecule has 48 heavy (non-hydrogen) atoms. The molecule has 10 nitrogen and oxygen atoms in total. The topological polar surface area (TPSA) is 129 Å². The zero-order chi connectivity index (χ0) is 34.3. The molecule has 3 aromatic rings. The molecule has 0 radical (unpaired) electrons. The number of benzene rings is 3. The van der Waals surface area contributed by atoms with Crippen LogP contribution in [0.1, 0.15) is 85.1 Å². The number of nitrogens with one attached hydrogen (secondary N) is 2. The van der Waals surface area contributed by atoms with Gasteiger partial charge in [-0.05, 0) is 98.8 Å². The van der Waals surface area contributed by atoms with Crippen LogP contribution in [-0.4, -0.2) is 56.5 Å². The molecule has 1 unspecified atom stereocenters. The van der Waals surface area contributed by atoms with Crippen LogP contribution < -0.4 is 24.8 Å². The third kappa shape index (κ3) is 10.9. The van der Waals surface area contributed by atoms with Crippen molar-refractivity contribution in [1.29, 1.82) is 0 Å². The summed E-state index contributed by atoms with van der Waals surface area (Å²) in [5.74, 6) is -0.100. The number of esters is 1. The number of hydrogen-bond donors (Lipinski definition) is 2. The van der Waals surface area contributed by atoms with E-state index in [4.69, 9.17) is 18.9 Å². The van der Waals surface area contributed by atoms with Crippen LogP contribution in [0.15, 0.2) is 66.7 Å². The number of Topliss-reactive ketones (excluding diaryl/α,β-unsaturated/α-hetero) is 1. The van der Waals surface area contributed by atoms with Gasteiger partial charge in [-0.1, -0.05) is 38.7 Å². The first-order chi connectivity index (χ1) is 23.3. The van der Waals surface area contributed by atoms with Gasteiger partial charge in [0.15, 0.2) is 17.3 Å². The van der Waals surface area contributed by atoms with Crippen LogP contribution >= 0.6 is 0 Å². The molecule has 10 heteroatoms. The van der Waals surface area contributed by atoms with Gasteiger partial charge in [-0.25, -0.2) is 4.79 Å². The monoisotopic (exact) mass is 658 g/mol. The fraction of sp³-hybridized carbons (Fsp3) is 0.421. The maximum atomic E-state index is 13.0. The van der Waals surface area contributed by atoms with Gasteiger partial charge in [0, 0.05) is 30.4 Å². The summed E-state index contributed by atoms with van der Waals surface area (Å²) in [7, 11) is 1.46. The third-order valence-electron chi connectivity index (χ3n) is 8.28. The van der Waals surface area contributed by atoms with Gasteiger partial charge in [0.2, 0.25) is 5.91 Å². The fourth-order valence-electron chi connectivity index (χ4n) is 5.35. The summed E-state index contributed by atoms with van der Waals surface area (Å²) in [6.07, 6.45) is 7.34. The average molecular weight is 659 g/mol. The number of carbonyl (C=O) groups excluding carboxylic acids is 4. The molecule has 2 N–H and O–H groups in total. The number of amides is 2. The first-order valence-electron chi connectivity index (χ1n) is 16.7. The van der Waals surface area contributed by atoms with Crippen molar-refractivity contribution in [2.24, 2.45) is 5.92 Å². The van der Waals surface area contributed by atoms with Crippen molar-refractivity contribution in [2.45, 2.75) is 71.3 Å². The highest BCUT2D eigenvalue weighted by molar-refractivity contribution is 5.98. The molecule has 2 amide bonds. The zero-order valence-electron chi connectivity index (χ0n) is 28.0. The molecule has 3 aromatic carbocycles. The van der Waals surface area contributed by atoms with Crippen molar-refractivity contribution in [3.05, 3.63) is 83.4 Å². The summed E-state index contributed by atoms with van der Waals surface area (Å²) in [6, 6.07) is 17.6. The highest BCUT2D eigenvalue weighted by atomic mass is 16.6. The summed E-state index contributed by atoms with van der Waals surface area (Å²) in [5.41, 5.74) is 2.01. The van der Waals surface area contributed by atoms with Crippen LogP contribution in [0, 0.1) is 5.92 Å². The minimum Gasteiger partial charge on any atom is -0.494 e. The Labute approximate surface area is 282 Å². The average Bonchev–Trinajstić information content (AvgIpc) is 3.10. The molecule has 256 valence electrons. The third-order valence-corrected chi connectivity index (χ3v) is 8.28. The van der Waals surface area contributed by atoms with E-state index >= 15 is 0 Å². The molecule has 4 rings (SSSR count). The summed E-state index contributed by atoms with van der Waals surface area (Å²) in [4.78, 5) is 50.9. The van der Waals surface area contributed by atoms with Gasteiger partial charge in [-0.15, -0.1) is 0 Å². The largest absolute Gasteiger partial charge is 0.494 e. The number of methoxy groups -OCH3 is 1. The molecule has 0 aliphatic carbocycles. The van der Waals surface area contributed by atoms with Gasteiger partial charge in [-0.3, -0.25) is 14.4 Å². The molecule has 1 fully saturated rings. The van der Waals surface area contributed by atoms with E-state index < -0.39 is 17.9 Å². The van der Waals surface area contributed by atoms with Gasteiger partial charge >= 0.3 is 5.97 Å². The molecule has 1 aliphatic rings. The minimum absolute atomic E-state index is 0.0637. The number of anilines is 1. The van der Waals surface area contributed by atoms with Crippen molar-refractivity contribution in [3.63, 3.8) is 0 Å². The van der Waals surface area contributed by atoms with Gasteiger partial charge in [0.05, 0.1) is 25.3 Å². The number of hydrogen-bond acceptors (Lipinski definition) is 8. The number of unbranched alkanes of at least 4 members (excludes halogenated alkanes) is 4. The lowest BCUT2D eigenvalue weighted by Gasteiger charge is -2.21. The second-order valence-electron chi connectivity index (χ2n) is 12.0. The van der Waals surface area contributed by atoms with Crippen molar-refractivity contribution >= 4 is 29.3 Å². The first-order valence-corrected chi connectivity index (χ1v) is 16.7. The van der Waals surface area contributed by atoms with Gasteiger partial charge in [-0.2, -0.15) is 0 Å². The number of rotatable bonds is 17. The lowest BCUT2D eigenvalue weighted by Crippen LogP contribution is -2.41. The van der Waals surface area contributed by atoms with Crippen LogP contribution in [0.25, 0.3) is 0 Å². The van der Waals surface area contributed by atoms with E-state index in [1.807, 2.05) is 0 Å². The first kappa shape index (κ1) is 36.1. The van der Waals surface area contributed by atoms with E-state index in [9.17, 15) is 19.2 Å². The molecule has 0 spiro atoms. The standard InChI is InChI=1S/C38H46N2O8/c1-4-5-6-7-8-21-47-32-16-12-30(13-17-32)38(44)48-34-18-9-27(25-35(34)45-3)24-33(26(2)41)40-37(43)28-10-14-31(15-11-28)39-36(42)29-19-22-46-23-20-29/h9-18,25,29,33H,4-8,19-24H2,1-3H3,(H,39,42)(H,40,43). The molecule has 0 aromatic heterocycles. The van der Waals surface area contributed by atoms with Crippen LogP contribution in [0.5, 0.6) is 17.2 Å². The predicted octanol–water partition coefficient (Wildman–Crippen LogP) is 6.56. The van der Waals surface area contributed by atoms with Crippen LogP contribution in [0.3, 0.4) is 0 Å². The van der Waals surface area contributed by atoms with Crippen molar-refractivity contribution in [1.82, 2.24) is 5.32 Å². The highest BCUT2D eigenvalue weighted by Gasteiger charge is 2.23. The minimum atomic E-state index is -0.805. The summed E-state index contributed by atoms with van der Waals surface area (Å²) in [5, 5.41) is 5.69. The van der Waals surface area contributed by atoms with E-state index in [1.54, 1.807) is 66.7 Å². The predicted molar refractivity (Wildman–Crippen MR) is 183 cm³/mol. The Hall–Kier alpha value is -4.70. The number of ether oxygens (including phenoxy) is 4. The smallest absolute Gasteiger partial charge is 0.343 e. The maximum Gasteiger partial charge on any atom is 0.343 e. The summed E-state index contributed by atoms with van der Waals surface area (Å²) < 4.78 is 22.2. The van der Waals surface area contributed by atoms with Gasteiger partial charge in [0.1, 0.15) is 5.75 Å². The Morgan fingerprint density at radius 3 is 2.21 bits per heavy atom. The zero-order valence-corrected chi connectivity index (χ0v) is 28.0. The normalized spacial score (nSPS) is 13.6. The Morgan fingerprint density at radius 2 is 1.54 bits per heavy atom. The van der Waals surface area contributed by atoms with Crippen LogP contribution in [0.4, 0.5) is 5.69 Å². The SMILES string of the molecule is CCCCCCCOc1ccc(C(=O)Oc2ccc(CC(NC(=O)c3ccc(NC(=O)C4CCOCC4)cc3)C(C)=O)cc2OC)cc1. The molecular weight excluding hydrogens is 612 g/mol. The molecule has 0 bridgehead atoms. The Kier molecular flexibility index (Phi) is 14.0. The number of ketones is 1. The molecule has 1 aliphatic heterocycles. The molecular formula is C38H46N2O8. The van der Waals surface area contributed by atoms with Crippen molar-refractivity contribution in [3.8, 4) is 17.2 Å². The Balaban J connectivity index is 1.30.